The summed E-state index contributed by atoms with van der Waals surface area (Å²) in [7, 11) is -3.56. The molecule has 1 amide bonds. The van der Waals surface area contributed by atoms with Gasteiger partial charge < -0.3 is 10.1 Å². The summed E-state index contributed by atoms with van der Waals surface area (Å²) >= 11 is 0. The van der Waals surface area contributed by atoms with Crippen LogP contribution < -0.4 is 10.5 Å². The second kappa shape index (κ2) is 7.02. The van der Waals surface area contributed by atoms with Gasteiger partial charge in [-0.25, -0.2) is 13.6 Å². The number of nitrogens with two attached hydrogens (primary N) is 1. The molecule has 0 aliphatic carbocycles. The molecule has 1 aliphatic heterocycles. The molecule has 116 valence electrons. The number of rotatable bonds is 5. The maximum absolute atomic E-state index is 12.2. The van der Waals surface area contributed by atoms with E-state index in [1.54, 1.807) is 0 Å². The molecular weight excluding hydrogens is 292 g/mol. The fraction of sp³-hybridized carbons (Fsp3) is 0.500. The van der Waals surface area contributed by atoms with E-state index in [0.29, 0.717) is 6.61 Å². The molecule has 2 rings (SSSR count). The molecule has 21 heavy (non-hydrogen) atoms. The Bertz CT molecular complexity index is 574. The van der Waals surface area contributed by atoms with E-state index in [-0.39, 0.29) is 30.2 Å². The van der Waals surface area contributed by atoms with Gasteiger partial charge in [-0.15, -0.1) is 0 Å². The third kappa shape index (κ3) is 4.80. The minimum absolute atomic E-state index is 0.0235. The van der Waals surface area contributed by atoms with Crippen LogP contribution >= 0.6 is 0 Å². The SMILES string of the molecule is NS(=O)(=O)CCNC(=O)[C@@H]1CCCO[C@H]1c1ccccc1. The predicted octanol–water partition coefficient (Wildman–Crippen LogP) is 0.559. The highest BCUT2D eigenvalue weighted by Gasteiger charge is 2.32. The Kier molecular flexibility index (Phi) is 5.33. The lowest BCUT2D eigenvalue weighted by Crippen LogP contribution is -2.40. The Morgan fingerprint density at radius 1 is 1.33 bits per heavy atom. The van der Waals surface area contributed by atoms with Crippen LogP contribution in [0.3, 0.4) is 0 Å². The van der Waals surface area contributed by atoms with Gasteiger partial charge in [0.1, 0.15) is 0 Å². The van der Waals surface area contributed by atoms with E-state index in [1.807, 2.05) is 30.3 Å². The molecule has 0 radical (unpaired) electrons. The third-order valence-corrected chi connectivity index (χ3v) is 4.25. The fourth-order valence-corrected chi connectivity index (χ4v) is 2.86. The molecule has 0 bridgehead atoms. The van der Waals surface area contributed by atoms with Gasteiger partial charge in [0.05, 0.1) is 17.8 Å². The van der Waals surface area contributed by atoms with Crippen molar-refractivity contribution in [3.05, 3.63) is 35.9 Å². The molecule has 1 heterocycles. The molecule has 1 saturated heterocycles. The second-order valence-corrected chi connectivity index (χ2v) is 6.84. The third-order valence-electron chi connectivity index (χ3n) is 3.47. The average Bonchev–Trinajstić information content (AvgIpc) is 2.47. The lowest BCUT2D eigenvalue weighted by Gasteiger charge is -2.31. The average molecular weight is 312 g/mol. The van der Waals surface area contributed by atoms with Crippen LogP contribution in [-0.4, -0.2) is 33.2 Å². The van der Waals surface area contributed by atoms with Crippen molar-refractivity contribution in [3.63, 3.8) is 0 Å². The Morgan fingerprint density at radius 2 is 2.05 bits per heavy atom. The fourth-order valence-electron chi connectivity index (χ4n) is 2.47. The van der Waals surface area contributed by atoms with Gasteiger partial charge in [-0.2, -0.15) is 0 Å². The molecule has 3 N–H and O–H groups in total. The number of ether oxygens (including phenoxy) is 1. The summed E-state index contributed by atoms with van der Waals surface area (Å²) < 4.78 is 27.5. The van der Waals surface area contributed by atoms with Crippen molar-refractivity contribution in [1.82, 2.24) is 5.32 Å². The molecule has 1 aliphatic rings. The van der Waals surface area contributed by atoms with Crippen LogP contribution in [0.4, 0.5) is 0 Å². The van der Waals surface area contributed by atoms with Gasteiger partial charge >= 0.3 is 0 Å². The van der Waals surface area contributed by atoms with Crippen molar-refractivity contribution in [2.45, 2.75) is 18.9 Å². The molecule has 6 nitrogen and oxygen atoms in total. The van der Waals surface area contributed by atoms with Gasteiger partial charge in [-0.05, 0) is 18.4 Å². The standard InChI is InChI=1S/C14H20N2O4S/c15-21(18,19)10-8-16-14(17)12-7-4-9-20-13(12)11-5-2-1-3-6-11/h1-3,5-6,12-13H,4,7-10H2,(H,16,17)(H2,15,18,19)/t12-,13+/m1/s1. The summed E-state index contributed by atoms with van der Waals surface area (Å²) in [5.41, 5.74) is 0.962. The number of carbonyl (C=O) groups is 1. The van der Waals surface area contributed by atoms with Crippen LogP contribution in [0.25, 0.3) is 0 Å². The van der Waals surface area contributed by atoms with Crippen LogP contribution in [-0.2, 0) is 19.6 Å². The largest absolute Gasteiger partial charge is 0.373 e. The highest BCUT2D eigenvalue weighted by molar-refractivity contribution is 7.89. The first kappa shape index (κ1) is 15.9. The van der Waals surface area contributed by atoms with Crippen LogP contribution in [0.15, 0.2) is 30.3 Å². The van der Waals surface area contributed by atoms with Crippen molar-refractivity contribution in [2.75, 3.05) is 18.9 Å². The van der Waals surface area contributed by atoms with Crippen molar-refractivity contribution in [1.29, 1.82) is 0 Å². The molecule has 1 fully saturated rings. The molecule has 0 saturated carbocycles. The first-order chi connectivity index (χ1) is 9.97. The van der Waals surface area contributed by atoms with E-state index >= 15 is 0 Å². The zero-order valence-corrected chi connectivity index (χ0v) is 12.5. The first-order valence-electron chi connectivity index (χ1n) is 6.92. The molecule has 7 heteroatoms. The lowest BCUT2D eigenvalue weighted by atomic mass is 9.89. The van der Waals surface area contributed by atoms with E-state index in [2.05, 4.69) is 5.32 Å². The number of benzene rings is 1. The van der Waals surface area contributed by atoms with Gasteiger partial charge in [0.25, 0.3) is 0 Å². The molecule has 0 spiro atoms. The number of amides is 1. The Balaban J connectivity index is 2.00. The molecule has 0 aromatic heterocycles. The van der Waals surface area contributed by atoms with Crippen molar-refractivity contribution in [3.8, 4) is 0 Å². The summed E-state index contributed by atoms with van der Waals surface area (Å²) in [5, 5.41) is 7.55. The normalized spacial score (nSPS) is 22.7. The number of carbonyl (C=O) groups excluding carboxylic acids is 1. The van der Waals surface area contributed by atoms with Gasteiger partial charge in [-0.3, -0.25) is 4.79 Å². The van der Waals surface area contributed by atoms with E-state index < -0.39 is 10.0 Å². The smallest absolute Gasteiger partial charge is 0.226 e. The van der Waals surface area contributed by atoms with Crippen LogP contribution in [0.5, 0.6) is 0 Å². The summed E-state index contributed by atoms with van der Waals surface area (Å²) in [6.45, 7) is 0.649. The number of primary sulfonamides is 1. The number of nitrogens with one attached hydrogen (secondary N) is 1. The minimum Gasteiger partial charge on any atom is -0.373 e. The summed E-state index contributed by atoms with van der Waals surface area (Å²) in [5.74, 6) is -0.753. The number of hydrogen-bond donors (Lipinski definition) is 2. The van der Waals surface area contributed by atoms with Gasteiger partial charge in [-0.1, -0.05) is 30.3 Å². The zero-order valence-electron chi connectivity index (χ0n) is 11.7. The number of hydrogen-bond acceptors (Lipinski definition) is 4. The zero-order chi connectivity index (χ0) is 15.3. The molecule has 0 unspecified atom stereocenters. The molecule has 1 aromatic carbocycles. The first-order valence-corrected chi connectivity index (χ1v) is 8.63. The molecule has 2 atom stereocenters. The van der Waals surface area contributed by atoms with E-state index in [9.17, 15) is 13.2 Å². The Hall–Kier alpha value is -1.44. The summed E-state index contributed by atoms with van der Waals surface area (Å²) in [6.07, 6.45) is 1.26. The van der Waals surface area contributed by atoms with Gasteiger partial charge in [0.15, 0.2) is 0 Å². The molecular formula is C14H20N2O4S. The van der Waals surface area contributed by atoms with Crippen molar-refractivity contribution < 1.29 is 17.9 Å². The second-order valence-electron chi connectivity index (χ2n) is 5.11. The van der Waals surface area contributed by atoms with Crippen molar-refractivity contribution >= 4 is 15.9 Å². The molecule has 1 aromatic rings. The topological polar surface area (TPSA) is 98.5 Å². The summed E-state index contributed by atoms with van der Waals surface area (Å²) in [6, 6.07) is 9.58. The van der Waals surface area contributed by atoms with Crippen LogP contribution in [0.1, 0.15) is 24.5 Å². The predicted molar refractivity (Wildman–Crippen MR) is 78.8 cm³/mol. The van der Waals surface area contributed by atoms with E-state index in [1.165, 1.54) is 0 Å². The minimum atomic E-state index is -3.56. The highest BCUT2D eigenvalue weighted by Crippen LogP contribution is 2.33. The van der Waals surface area contributed by atoms with Crippen LogP contribution in [0, 0.1) is 5.92 Å². The van der Waals surface area contributed by atoms with Crippen molar-refractivity contribution in [2.24, 2.45) is 11.1 Å². The van der Waals surface area contributed by atoms with Crippen LogP contribution in [0.2, 0.25) is 0 Å². The monoisotopic (exact) mass is 312 g/mol. The maximum atomic E-state index is 12.2. The highest BCUT2D eigenvalue weighted by atomic mass is 32.2. The Labute approximate surface area is 124 Å². The van der Waals surface area contributed by atoms with E-state index in [0.717, 1.165) is 18.4 Å². The van der Waals surface area contributed by atoms with Gasteiger partial charge in [0.2, 0.25) is 15.9 Å². The van der Waals surface area contributed by atoms with E-state index in [4.69, 9.17) is 9.88 Å². The maximum Gasteiger partial charge on any atom is 0.226 e. The quantitative estimate of drug-likeness (QED) is 0.830. The Morgan fingerprint density at radius 3 is 2.71 bits per heavy atom. The number of sulfonamides is 1. The van der Waals surface area contributed by atoms with Gasteiger partial charge in [0, 0.05) is 13.2 Å². The summed E-state index contributed by atoms with van der Waals surface area (Å²) in [4.78, 5) is 12.2. The lowest BCUT2D eigenvalue weighted by molar-refractivity contribution is -0.134.